The molecule has 2 nitrogen and oxygen atoms in total. The molecule has 1 unspecified atom stereocenters. The number of alkyl halides is 1. The number of rotatable bonds is 2. The van der Waals surface area contributed by atoms with Gasteiger partial charge in [0.1, 0.15) is 0 Å². The Bertz CT molecular complexity index is 419. The number of benzene rings is 1. The summed E-state index contributed by atoms with van der Waals surface area (Å²) in [7, 11) is 0. The maximum absolute atomic E-state index is 11.9. The minimum Gasteiger partial charge on any atom is -0.311 e. The Morgan fingerprint density at radius 3 is 2.81 bits per heavy atom. The molecular weight excluding hydrogens is 334 g/mol. The summed E-state index contributed by atoms with van der Waals surface area (Å²) in [6.45, 7) is 2.85. The number of hydrogen-bond donors (Lipinski definition) is 0. The van der Waals surface area contributed by atoms with E-state index in [0.717, 1.165) is 22.0 Å². The molecule has 1 aromatic carbocycles. The summed E-state index contributed by atoms with van der Waals surface area (Å²) in [5.41, 5.74) is 2.18. The van der Waals surface area contributed by atoms with Crippen molar-refractivity contribution < 1.29 is 4.79 Å². The van der Waals surface area contributed by atoms with Gasteiger partial charge in [-0.05, 0) is 46.5 Å². The molecule has 2 rings (SSSR count). The van der Waals surface area contributed by atoms with Gasteiger partial charge in [-0.2, -0.15) is 0 Å². The van der Waals surface area contributed by atoms with Crippen LogP contribution in [0.4, 0.5) is 5.69 Å². The van der Waals surface area contributed by atoms with Crippen molar-refractivity contribution in [1.82, 2.24) is 0 Å². The van der Waals surface area contributed by atoms with Gasteiger partial charge in [-0.1, -0.05) is 22.0 Å². The largest absolute Gasteiger partial charge is 0.311 e. The molecule has 1 aromatic rings. The fraction of sp³-hybridized carbons (Fsp3) is 0.417. The van der Waals surface area contributed by atoms with Crippen molar-refractivity contribution in [3.8, 4) is 0 Å². The van der Waals surface area contributed by atoms with Crippen molar-refractivity contribution in [2.45, 2.75) is 13.3 Å². The standard InChI is InChI=1S/C12H13Br2NO/c1-8-2-3-11(10(14)4-8)15-7-9(6-13)5-12(15)16/h2-4,9H,5-7H2,1H3. The molecular formula is C12H13Br2NO. The van der Waals surface area contributed by atoms with Crippen molar-refractivity contribution in [3.05, 3.63) is 28.2 Å². The van der Waals surface area contributed by atoms with Gasteiger partial charge in [-0.15, -0.1) is 0 Å². The van der Waals surface area contributed by atoms with Crippen LogP contribution in [0.15, 0.2) is 22.7 Å². The Morgan fingerprint density at radius 2 is 2.25 bits per heavy atom. The molecule has 0 saturated carbocycles. The summed E-state index contributed by atoms with van der Waals surface area (Å²) < 4.78 is 0.996. The van der Waals surface area contributed by atoms with E-state index in [0.29, 0.717) is 12.3 Å². The summed E-state index contributed by atoms with van der Waals surface area (Å²) in [6.07, 6.45) is 0.644. The molecule has 0 aliphatic carbocycles. The highest BCUT2D eigenvalue weighted by Gasteiger charge is 2.30. The molecule has 4 heteroatoms. The van der Waals surface area contributed by atoms with Gasteiger partial charge in [0.05, 0.1) is 5.69 Å². The van der Waals surface area contributed by atoms with Gasteiger partial charge in [0.2, 0.25) is 5.91 Å². The minimum absolute atomic E-state index is 0.217. The molecule has 0 bridgehead atoms. The van der Waals surface area contributed by atoms with E-state index < -0.39 is 0 Å². The SMILES string of the molecule is Cc1ccc(N2CC(CBr)CC2=O)c(Br)c1. The van der Waals surface area contributed by atoms with E-state index in [1.807, 2.05) is 30.0 Å². The van der Waals surface area contributed by atoms with Crippen molar-refractivity contribution >= 4 is 43.5 Å². The van der Waals surface area contributed by atoms with Crippen LogP contribution in [0.25, 0.3) is 0 Å². The van der Waals surface area contributed by atoms with Gasteiger partial charge >= 0.3 is 0 Å². The predicted molar refractivity (Wildman–Crippen MR) is 73.1 cm³/mol. The van der Waals surface area contributed by atoms with Crippen LogP contribution in [0.2, 0.25) is 0 Å². The van der Waals surface area contributed by atoms with Crippen LogP contribution in [0.3, 0.4) is 0 Å². The second-order valence-corrected chi connectivity index (χ2v) is 5.69. The summed E-state index contributed by atoms with van der Waals surface area (Å²) in [5, 5.41) is 0.888. The Labute approximate surface area is 112 Å². The maximum Gasteiger partial charge on any atom is 0.227 e. The number of hydrogen-bond acceptors (Lipinski definition) is 1. The molecule has 1 aliphatic rings. The number of carbonyl (C=O) groups is 1. The number of nitrogens with zero attached hydrogens (tertiary/aromatic N) is 1. The van der Waals surface area contributed by atoms with Gasteiger partial charge < -0.3 is 4.90 Å². The van der Waals surface area contributed by atoms with E-state index >= 15 is 0 Å². The minimum atomic E-state index is 0.217. The van der Waals surface area contributed by atoms with Crippen LogP contribution < -0.4 is 4.90 Å². The van der Waals surface area contributed by atoms with Gasteiger partial charge in [0.25, 0.3) is 0 Å². The Morgan fingerprint density at radius 1 is 1.50 bits per heavy atom. The van der Waals surface area contributed by atoms with Crippen molar-refractivity contribution in [2.24, 2.45) is 5.92 Å². The summed E-state index contributed by atoms with van der Waals surface area (Å²) in [5.74, 6) is 0.648. The van der Waals surface area contributed by atoms with Crippen LogP contribution in [0.1, 0.15) is 12.0 Å². The number of anilines is 1. The lowest BCUT2D eigenvalue weighted by Crippen LogP contribution is -2.25. The average Bonchev–Trinajstić information content (AvgIpc) is 2.60. The Kier molecular flexibility index (Phi) is 3.70. The Balaban J connectivity index is 2.28. The first-order valence-electron chi connectivity index (χ1n) is 5.24. The molecule has 1 amide bonds. The van der Waals surface area contributed by atoms with E-state index in [1.54, 1.807) is 0 Å². The highest BCUT2D eigenvalue weighted by Crippen LogP contribution is 2.32. The zero-order valence-electron chi connectivity index (χ0n) is 9.04. The predicted octanol–water partition coefficient (Wildman–Crippen LogP) is 3.51. The molecule has 1 aliphatic heterocycles. The topological polar surface area (TPSA) is 20.3 Å². The average molecular weight is 347 g/mol. The molecule has 1 saturated heterocycles. The van der Waals surface area contributed by atoms with E-state index in [9.17, 15) is 4.79 Å². The van der Waals surface area contributed by atoms with E-state index in [-0.39, 0.29) is 5.91 Å². The Hall–Kier alpha value is -0.350. The fourth-order valence-corrected chi connectivity index (χ4v) is 3.09. The molecule has 1 heterocycles. The number of halogens is 2. The lowest BCUT2D eigenvalue weighted by molar-refractivity contribution is -0.117. The van der Waals surface area contributed by atoms with Crippen LogP contribution in [0, 0.1) is 12.8 Å². The number of carbonyl (C=O) groups excluding carboxylic acids is 1. The van der Waals surface area contributed by atoms with Gasteiger partial charge in [0, 0.05) is 22.8 Å². The van der Waals surface area contributed by atoms with E-state index in [1.165, 1.54) is 5.56 Å². The van der Waals surface area contributed by atoms with Gasteiger partial charge in [-0.3, -0.25) is 4.79 Å². The number of amides is 1. The first kappa shape index (κ1) is 12.1. The van der Waals surface area contributed by atoms with Crippen LogP contribution in [0.5, 0.6) is 0 Å². The first-order chi connectivity index (χ1) is 7.61. The summed E-state index contributed by atoms with van der Waals surface area (Å²) in [4.78, 5) is 13.7. The molecule has 0 N–H and O–H groups in total. The third kappa shape index (κ3) is 2.33. The highest BCUT2D eigenvalue weighted by atomic mass is 79.9. The van der Waals surface area contributed by atoms with Crippen LogP contribution >= 0.6 is 31.9 Å². The van der Waals surface area contributed by atoms with Crippen molar-refractivity contribution in [1.29, 1.82) is 0 Å². The molecule has 0 radical (unpaired) electrons. The first-order valence-corrected chi connectivity index (χ1v) is 7.15. The lowest BCUT2D eigenvalue weighted by Gasteiger charge is -2.18. The molecule has 1 atom stereocenters. The quantitative estimate of drug-likeness (QED) is 0.750. The fourth-order valence-electron chi connectivity index (χ4n) is 1.95. The normalized spacial score (nSPS) is 20.6. The monoisotopic (exact) mass is 345 g/mol. The highest BCUT2D eigenvalue weighted by molar-refractivity contribution is 9.10. The maximum atomic E-state index is 11.9. The summed E-state index contributed by atoms with van der Waals surface area (Å²) in [6, 6.07) is 6.09. The van der Waals surface area contributed by atoms with E-state index in [4.69, 9.17) is 0 Å². The molecule has 86 valence electrons. The molecule has 0 spiro atoms. The zero-order chi connectivity index (χ0) is 11.7. The third-order valence-corrected chi connectivity index (χ3v) is 4.37. The second kappa shape index (κ2) is 4.88. The van der Waals surface area contributed by atoms with Gasteiger partial charge in [0.15, 0.2) is 0 Å². The van der Waals surface area contributed by atoms with Gasteiger partial charge in [-0.25, -0.2) is 0 Å². The van der Waals surface area contributed by atoms with Crippen LogP contribution in [-0.4, -0.2) is 17.8 Å². The molecule has 16 heavy (non-hydrogen) atoms. The zero-order valence-corrected chi connectivity index (χ0v) is 12.2. The second-order valence-electron chi connectivity index (χ2n) is 4.18. The van der Waals surface area contributed by atoms with Crippen molar-refractivity contribution in [2.75, 3.05) is 16.8 Å². The van der Waals surface area contributed by atoms with Crippen LogP contribution in [-0.2, 0) is 4.79 Å². The number of aryl methyl sites for hydroxylation is 1. The van der Waals surface area contributed by atoms with Crippen molar-refractivity contribution in [3.63, 3.8) is 0 Å². The summed E-state index contributed by atoms with van der Waals surface area (Å²) >= 11 is 6.96. The molecule has 0 aromatic heterocycles. The lowest BCUT2D eigenvalue weighted by atomic mass is 10.2. The third-order valence-electron chi connectivity index (χ3n) is 2.82. The van der Waals surface area contributed by atoms with E-state index in [2.05, 4.69) is 31.9 Å². The smallest absolute Gasteiger partial charge is 0.227 e. The molecule has 1 fully saturated rings.